The van der Waals surface area contributed by atoms with Crippen LogP contribution in [-0.4, -0.2) is 41.7 Å². The van der Waals surface area contributed by atoms with Crippen molar-refractivity contribution < 1.29 is 14.6 Å². The van der Waals surface area contributed by atoms with Gasteiger partial charge in [-0.05, 0) is 56.0 Å². The molecule has 2 heterocycles. The van der Waals surface area contributed by atoms with E-state index in [1.807, 2.05) is 31.3 Å². The molecule has 1 saturated carbocycles. The summed E-state index contributed by atoms with van der Waals surface area (Å²) in [6.07, 6.45) is 5.78. The Morgan fingerprint density at radius 2 is 2.12 bits per heavy atom. The Balaban J connectivity index is 1.89. The fourth-order valence-corrected chi connectivity index (χ4v) is 4.10. The maximum Gasteiger partial charge on any atom is 0.161 e. The number of rotatable bonds is 4. The first-order chi connectivity index (χ1) is 12.7. The summed E-state index contributed by atoms with van der Waals surface area (Å²) < 4.78 is 11.4. The number of pyridine rings is 1. The van der Waals surface area contributed by atoms with Gasteiger partial charge >= 0.3 is 0 Å². The minimum atomic E-state index is -0.267. The standard InChI is InChI=1S/C21H24N2O3/c1-3-26-20-10-15-16-9-14(24)6-7-18(16)23-21(13-5-4-8-22-12-13)17(15)11-19(20)25-2/h4-5,8,10-12,14,16,18,24H,3,6-7,9H2,1-2H3. The van der Waals surface area contributed by atoms with E-state index in [4.69, 9.17) is 14.5 Å². The van der Waals surface area contributed by atoms with Crippen LogP contribution in [0.15, 0.2) is 41.7 Å². The van der Waals surface area contributed by atoms with Gasteiger partial charge in [0.25, 0.3) is 0 Å². The van der Waals surface area contributed by atoms with Crippen molar-refractivity contribution in [2.24, 2.45) is 4.99 Å². The molecule has 1 aromatic heterocycles. The quantitative estimate of drug-likeness (QED) is 0.917. The number of aliphatic imine (C=N–C) groups is 1. The van der Waals surface area contributed by atoms with Crippen molar-refractivity contribution in [3.63, 3.8) is 0 Å². The Morgan fingerprint density at radius 3 is 2.85 bits per heavy atom. The molecule has 0 radical (unpaired) electrons. The zero-order valence-corrected chi connectivity index (χ0v) is 15.2. The monoisotopic (exact) mass is 352 g/mol. The van der Waals surface area contributed by atoms with Gasteiger partial charge in [-0.15, -0.1) is 0 Å². The zero-order chi connectivity index (χ0) is 18.1. The maximum absolute atomic E-state index is 10.2. The summed E-state index contributed by atoms with van der Waals surface area (Å²) in [4.78, 5) is 9.33. The second kappa shape index (κ2) is 7.08. The molecule has 1 N–H and O–H groups in total. The molecule has 136 valence electrons. The molecule has 2 aliphatic rings. The first kappa shape index (κ1) is 17.0. The summed E-state index contributed by atoms with van der Waals surface area (Å²) in [6.45, 7) is 2.55. The lowest BCUT2D eigenvalue weighted by Gasteiger charge is -2.37. The summed E-state index contributed by atoms with van der Waals surface area (Å²) in [5.74, 6) is 1.66. The van der Waals surface area contributed by atoms with Gasteiger partial charge in [0.15, 0.2) is 11.5 Å². The number of hydrogen-bond donors (Lipinski definition) is 1. The van der Waals surface area contributed by atoms with Crippen molar-refractivity contribution in [2.75, 3.05) is 13.7 Å². The van der Waals surface area contributed by atoms with Crippen LogP contribution in [0.1, 0.15) is 48.8 Å². The molecule has 1 fully saturated rings. The van der Waals surface area contributed by atoms with Crippen LogP contribution in [0, 0.1) is 0 Å². The molecule has 26 heavy (non-hydrogen) atoms. The Morgan fingerprint density at radius 1 is 1.23 bits per heavy atom. The number of aliphatic hydroxyl groups is 1. The van der Waals surface area contributed by atoms with E-state index >= 15 is 0 Å². The fourth-order valence-electron chi connectivity index (χ4n) is 4.10. The zero-order valence-electron chi connectivity index (χ0n) is 15.2. The van der Waals surface area contributed by atoms with E-state index < -0.39 is 0 Å². The number of hydrogen-bond acceptors (Lipinski definition) is 5. The first-order valence-electron chi connectivity index (χ1n) is 9.22. The van der Waals surface area contributed by atoms with Crippen molar-refractivity contribution in [3.8, 4) is 11.5 Å². The summed E-state index contributed by atoms with van der Waals surface area (Å²) in [5, 5.41) is 10.2. The molecule has 1 aliphatic carbocycles. The number of aliphatic hydroxyl groups excluding tert-OH is 1. The third-order valence-corrected chi connectivity index (χ3v) is 5.31. The van der Waals surface area contributed by atoms with Gasteiger partial charge in [-0.3, -0.25) is 9.98 Å². The predicted molar refractivity (Wildman–Crippen MR) is 100 cm³/mol. The van der Waals surface area contributed by atoms with E-state index in [1.54, 1.807) is 13.3 Å². The minimum absolute atomic E-state index is 0.184. The van der Waals surface area contributed by atoms with Gasteiger partial charge in [-0.2, -0.15) is 0 Å². The van der Waals surface area contributed by atoms with Gasteiger partial charge in [-0.25, -0.2) is 0 Å². The van der Waals surface area contributed by atoms with Gasteiger partial charge < -0.3 is 14.6 Å². The molecule has 1 aliphatic heterocycles. The normalized spacial score (nSPS) is 24.3. The summed E-state index contributed by atoms with van der Waals surface area (Å²) >= 11 is 0. The average molecular weight is 352 g/mol. The van der Waals surface area contributed by atoms with E-state index in [2.05, 4.69) is 11.1 Å². The highest BCUT2D eigenvalue weighted by atomic mass is 16.5. The molecule has 0 amide bonds. The highest BCUT2D eigenvalue weighted by molar-refractivity contribution is 6.14. The smallest absolute Gasteiger partial charge is 0.161 e. The molecule has 0 saturated heterocycles. The van der Waals surface area contributed by atoms with Crippen molar-refractivity contribution in [2.45, 2.75) is 44.2 Å². The maximum atomic E-state index is 10.2. The van der Waals surface area contributed by atoms with Crippen LogP contribution in [0.25, 0.3) is 0 Å². The van der Waals surface area contributed by atoms with Crippen LogP contribution in [0.5, 0.6) is 11.5 Å². The summed E-state index contributed by atoms with van der Waals surface area (Å²) in [6, 6.07) is 8.25. The van der Waals surface area contributed by atoms with Crippen molar-refractivity contribution in [1.29, 1.82) is 0 Å². The molecule has 5 heteroatoms. The fraction of sp³-hybridized carbons (Fsp3) is 0.429. The van der Waals surface area contributed by atoms with E-state index in [-0.39, 0.29) is 18.1 Å². The molecule has 3 unspecified atom stereocenters. The van der Waals surface area contributed by atoms with E-state index in [0.29, 0.717) is 12.4 Å². The molecule has 4 rings (SSSR count). The highest BCUT2D eigenvalue weighted by Gasteiger charge is 2.37. The van der Waals surface area contributed by atoms with Gasteiger partial charge in [0.2, 0.25) is 0 Å². The number of ether oxygens (including phenoxy) is 2. The number of nitrogens with zero attached hydrogens (tertiary/aromatic N) is 2. The van der Waals surface area contributed by atoms with Crippen molar-refractivity contribution in [3.05, 3.63) is 53.3 Å². The lowest BCUT2D eigenvalue weighted by atomic mass is 9.74. The number of aromatic nitrogens is 1. The predicted octanol–water partition coefficient (Wildman–Crippen LogP) is 3.34. The molecule has 5 nitrogen and oxygen atoms in total. The van der Waals surface area contributed by atoms with Crippen molar-refractivity contribution >= 4 is 5.71 Å². The molecule has 0 spiro atoms. The van der Waals surface area contributed by atoms with Crippen molar-refractivity contribution in [1.82, 2.24) is 4.98 Å². The third-order valence-electron chi connectivity index (χ3n) is 5.31. The van der Waals surface area contributed by atoms with E-state index in [9.17, 15) is 5.11 Å². The molecule has 2 aromatic rings. The van der Waals surface area contributed by atoms with Crippen LogP contribution in [0.3, 0.4) is 0 Å². The molecule has 3 atom stereocenters. The topological polar surface area (TPSA) is 63.9 Å². The summed E-state index contributed by atoms with van der Waals surface area (Å²) in [5.41, 5.74) is 4.19. The lowest BCUT2D eigenvalue weighted by molar-refractivity contribution is 0.111. The molecule has 0 bridgehead atoms. The Labute approximate surface area is 153 Å². The van der Waals surface area contributed by atoms with Gasteiger partial charge in [0, 0.05) is 29.4 Å². The second-order valence-corrected chi connectivity index (χ2v) is 6.88. The van der Waals surface area contributed by atoms with E-state index in [0.717, 1.165) is 41.9 Å². The Hall–Kier alpha value is -2.40. The Bertz CT molecular complexity index is 820. The molecular weight excluding hydrogens is 328 g/mol. The van der Waals surface area contributed by atoms with Gasteiger partial charge in [0.05, 0.1) is 31.6 Å². The SMILES string of the molecule is CCOc1cc2c(cc1OC)C(c1cccnc1)=NC1CCC(O)CC21. The van der Waals surface area contributed by atoms with Crippen LogP contribution in [0.2, 0.25) is 0 Å². The lowest BCUT2D eigenvalue weighted by Crippen LogP contribution is -2.34. The third kappa shape index (κ3) is 2.97. The average Bonchev–Trinajstić information content (AvgIpc) is 2.68. The minimum Gasteiger partial charge on any atom is -0.493 e. The van der Waals surface area contributed by atoms with Crippen LogP contribution in [-0.2, 0) is 0 Å². The number of fused-ring (bicyclic) bond motifs is 3. The van der Waals surface area contributed by atoms with Gasteiger partial charge in [-0.1, -0.05) is 0 Å². The second-order valence-electron chi connectivity index (χ2n) is 6.88. The largest absolute Gasteiger partial charge is 0.493 e. The molecule has 1 aromatic carbocycles. The van der Waals surface area contributed by atoms with Crippen LogP contribution >= 0.6 is 0 Å². The Kier molecular flexibility index (Phi) is 4.64. The first-order valence-corrected chi connectivity index (χ1v) is 9.22. The highest BCUT2D eigenvalue weighted by Crippen LogP contribution is 2.44. The number of benzene rings is 1. The molecular formula is C21H24N2O3. The van der Waals surface area contributed by atoms with Crippen LogP contribution < -0.4 is 9.47 Å². The summed E-state index contributed by atoms with van der Waals surface area (Å²) in [7, 11) is 1.65. The van der Waals surface area contributed by atoms with E-state index in [1.165, 1.54) is 5.56 Å². The number of methoxy groups -OCH3 is 1. The van der Waals surface area contributed by atoms with Crippen LogP contribution in [0.4, 0.5) is 0 Å². The van der Waals surface area contributed by atoms with Gasteiger partial charge in [0.1, 0.15) is 0 Å².